The Kier molecular flexibility index (Phi) is 6.59. The molecule has 0 aromatic heterocycles. The summed E-state index contributed by atoms with van der Waals surface area (Å²) in [6.45, 7) is 0. The van der Waals surface area contributed by atoms with Crippen LogP contribution in [0.25, 0.3) is 0 Å². The molecule has 0 atom stereocenters. The fourth-order valence-corrected chi connectivity index (χ4v) is 2.97. The number of nitrogens with two attached hydrogens (primary N) is 2. The van der Waals surface area contributed by atoms with Gasteiger partial charge in [0.15, 0.2) is 0 Å². The van der Waals surface area contributed by atoms with Gasteiger partial charge in [0.05, 0.1) is 14.9 Å². The molecule has 0 aliphatic carbocycles. The van der Waals surface area contributed by atoms with Crippen LogP contribution in [0.1, 0.15) is 0 Å². The van der Waals surface area contributed by atoms with E-state index in [0.717, 1.165) is 12.1 Å². The second-order valence-corrected chi connectivity index (χ2v) is 6.68. The Balaban J connectivity index is 0.00000256. The predicted molar refractivity (Wildman–Crippen MR) is 59.2 cm³/mol. The molecule has 11 heteroatoms. The number of hydrogen-bond acceptors (Lipinski definition) is 4. The van der Waals surface area contributed by atoms with Gasteiger partial charge in [0, 0.05) is 0 Å². The van der Waals surface area contributed by atoms with Crippen LogP contribution in [0.5, 0.6) is 0 Å². The molecule has 0 unspecified atom stereocenters. The van der Waals surface area contributed by atoms with Crippen LogP contribution >= 0.6 is 23.2 Å². The molecule has 0 spiro atoms. The van der Waals surface area contributed by atoms with Gasteiger partial charge >= 0.3 is 51.4 Å². The van der Waals surface area contributed by atoms with Crippen molar-refractivity contribution in [2.45, 2.75) is 9.79 Å². The van der Waals surface area contributed by atoms with Crippen LogP contribution in [-0.2, 0) is 20.0 Å². The fraction of sp³-hybridized carbons (Fsp3) is 0. The monoisotopic (exact) mass is 343 g/mol. The Hall–Kier alpha value is 1.26. The van der Waals surface area contributed by atoms with Crippen LogP contribution in [0.3, 0.4) is 0 Å². The van der Waals surface area contributed by atoms with Crippen LogP contribution in [0.2, 0.25) is 10.0 Å². The van der Waals surface area contributed by atoms with Gasteiger partial charge < -0.3 is 0 Å². The molecule has 4 N–H and O–H groups in total. The van der Waals surface area contributed by atoms with Crippen LogP contribution in [-0.4, -0.2) is 16.8 Å². The number of rotatable bonds is 2. The summed E-state index contributed by atoms with van der Waals surface area (Å²) in [6.07, 6.45) is 0. The smallest absolute Gasteiger partial charge is 0.225 e. The van der Waals surface area contributed by atoms with E-state index in [-0.39, 0.29) is 61.4 Å². The molecule has 1 aromatic carbocycles. The molecule has 0 radical (unpaired) electrons. The van der Waals surface area contributed by atoms with E-state index in [2.05, 4.69) is 0 Å². The summed E-state index contributed by atoms with van der Waals surface area (Å²) in [4.78, 5) is -1.07. The Labute approximate surface area is 151 Å². The number of sulfonamides is 2. The van der Waals surface area contributed by atoms with Crippen LogP contribution < -0.4 is 61.7 Å². The zero-order valence-electron chi connectivity index (χ0n) is 8.51. The van der Waals surface area contributed by atoms with Gasteiger partial charge in [0.25, 0.3) is 0 Å². The Bertz CT molecular complexity index is 644. The number of benzene rings is 1. The van der Waals surface area contributed by atoms with Crippen LogP contribution in [0.4, 0.5) is 0 Å². The first kappa shape index (κ1) is 18.3. The SMILES string of the molecule is NS(=O)(=O)c1cc(Cl)c(Cl)c(S(N)(=O)=O)c1.[K+]. The van der Waals surface area contributed by atoms with Gasteiger partial charge in [-0.05, 0) is 12.1 Å². The summed E-state index contributed by atoms with van der Waals surface area (Å²) >= 11 is 11.1. The summed E-state index contributed by atoms with van der Waals surface area (Å²) < 4.78 is 44.2. The zero-order valence-corrected chi connectivity index (χ0v) is 14.8. The van der Waals surface area contributed by atoms with Crippen LogP contribution in [0.15, 0.2) is 21.9 Å². The van der Waals surface area contributed by atoms with Gasteiger partial charge in [-0.15, -0.1) is 0 Å². The molecule has 1 rings (SSSR count). The van der Waals surface area contributed by atoms with Crippen molar-refractivity contribution in [3.63, 3.8) is 0 Å². The average Bonchev–Trinajstić information content (AvgIpc) is 2.05. The molecule has 0 bridgehead atoms. The van der Waals surface area contributed by atoms with Crippen molar-refractivity contribution in [3.05, 3.63) is 22.2 Å². The number of halogens is 2. The standard InChI is InChI=1S/C6H6Cl2N2O4S2.K/c7-4-1-3(15(9,11)12)2-5(6(4)8)16(10,13)14;/h1-2H,(H2,9,11,12)(H2,10,13,14);/q;+1. The van der Waals surface area contributed by atoms with Crippen molar-refractivity contribution in [1.29, 1.82) is 0 Å². The molecule has 0 saturated heterocycles. The third-order valence-electron chi connectivity index (χ3n) is 1.60. The quantitative estimate of drug-likeness (QED) is 0.567. The first-order chi connectivity index (χ1) is 7.03. The normalized spacial score (nSPS) is 12.0. The maximum absolute atomic E-state index is 11.1. The van der Waals surface area contributed by atoms with Crippen molar-refractivity contribution in [1.82, 2.24) is 0 Å². The van der Waals surface area contributed by atoms with Gasteiger partial charge in [0.2, 0.25) is 20.0 Å². The minimum absolute atomic E-state index is 0. The molecule has 0 heterocycles. The molecular weight excluding hydrogens is 338 g/mol. The Morgan fingerprint density at radius 3 is 1.76 bits per heavy atom. The second-order valence-electron chi connectivity index (χ2n) is 2.81. The van der Waals surface area contributed by atoms with Gasteiger partial charge in [-0.2, -0.15) is 0 Å². The van der Waals surface area contributed by atoms with Crippen molar-refractivity contribution in [2.24, 2.45) is 10.3 Å². The predicted octanol–water partition coefficient (Wildman–Crippen LogP) is -2.71. The fourth-order valence-electron chi connectivity index (χ4n) is 0.911. The van der Waals surface area contributed by atoms with Gasteiger partial charge in [-0.25, -0.2) is 27.1 Å². The average molecular weight is 344 g/mol. The molecule has 0 fully saturated rings. The molecule has 1 aromatic rings. The first-order valence-electron chi connectivity index (χ1n) is 3.58. The largest absolute Gasteiger partial charge is 1.00 e. The minimum atomic E-state index is -4.18. The van der Waals surface area contributed by atoms with E-state index in [1.165, 1.54) is 0 Å². The second kappa shape index (κ2) is 6.14. The molecule has 90 valence electrons. The first-order valence-corrected chi connectivity index (χ1v) is 7.43. The van der Waals surface area contributed by atoms with Gasteiger partial charge in [0.1, 0.15) is 4.90 Å². The van der Waals surface area contributed by atoms with Crippen molar-refractivity contribution < 1.29 is 68.2 Å². The summed E-state index contributed by atoms with van der Waals surface area (Å²) in [5.41, 5.74) is 0. The molecule has 6 nitrogen and oxygen atoms in total. The van der Waals surface area contributed by atoms with E-state index in [4.69, 9.17) is 33.5 Å². The molecule has 0 aliphatic heterocycles. The summed E-state index contributed by atoms with van der Waals surface area (Å²) in [5.74, 6) is 0. The summed E-state index contributed by atoms with van der Waals surface area (Å²) in [7, 11) is -8.26. The van der Waals surface area contributed by atoms with Crippen molar-refractivity contribution in [3.8, 4) is 0 Å². The maximum atomic E-state index is 11.1. The number of primary sulfonamides is 2. The summed E-state index contributed by atoms with van der Waals surface area (Å²) in [6, 6.07) is 1.69. The maximum Gasteiger partial charge on any atom is 1.00 e. The Morgan fingerprint density at radius 2 is 1.41 bits per heavy atom. The third kappa shape index (κ3) is 4.69. The van der Waals surface area contributed by atoms with E-state index >= 15 is 0 Å². The van der Waals surface area contributed by atoms with Crippen molar-refractivity contribution >= 4 is 43.2 Å². The molecule has 0 aliphatic rings. The van der Waals surface area contributed by atoms with E-state index < -0.39 is 29.8 Å². The topological polar surface area (TPSA) is 120 Å². The molecule has 0 amide bonds. The van der Waals surface area contributed by atoms with Crippen molar-refractivity contribution in [2.75, 3.05) is 0 Å². The van der Waals surface area contributed by atoms with E-state index in [1.54, 1.807) is 0 Å². The minimum Gasteiger partial charge on any atom is -0.225 e. The van der Waals surface area contributed by atoms with Gasteiger partial charge in [-0.1, -0.05) is 23.2 Å². The van der Waals surface area contributed by atoms with E-state index in [9.17, 15) is 16.8 Å². The van der Waals surface area contributed by atoms with Gasteiger partial charge in [-0.3, -0.25) is 0 Å². The Morgan fingerprint density at radius 1 is 0.941 bits per heavy atom. The molecule has 0 saturated carbocycles. The van der Waals surface area contributed by atoms with E-state index in [1.807, 2.05) is 0 Å². The van der Waals surface area contributed by atoms with Crippen LogP contribution in [0, 0.1) is 0 Å². The molecular formula is C6H6Cl2KN2O4S2+. The zero-order chi connectivity index (χ0) is 12.7. The summed E-state index contributed by atoms with van der Waals surface area (Å²) in [5, 5.41) is 9.04. The number of hydrogen-bond donors (Lipinski definition) is 2. The van der Waals surface area contributed by atoms with E-state index in [0.29, 0.717) is 0 Å². The molecule has 17 heavy (non-hydrogen) atoms. The third-order valence-corrected chi connectivity index (χ3v) is 4.35.